The number of benzene rings is 2. The van der Waals surface area contributed by atoms with E-state index >= 15 is 0 Å². The first kappa shape index (κ1) is 17.3. The first-order chi connectivity index (χ1) is 12.0. The highest BCUT2D eigenvalue weighted by molar-refractivity contribution is 5.94. The third-order valence-electron chi connectivity index (χ3n) is 4.59. The van der Waals surface area contributed by atoms with Gasteiger partial charge in [0.1, 0.15) is 0 Å². The molecule has 1 amide bonds. The van der Waals surface area contributed by atoms with E-state index in [1.54, 1.807) is 17.6 Å². The molecule has 5 nitrogen and oxygen atoms in total. The van der Waals surface area contributed by atoms with E-state index in [1.165, 1.54) is 11.1 Å². The lowest BCUT2D eigenvalue weighted by Gasteiger charge is -2.20. The summed E-state index contributed by atoms with van der Waals surface area (Å²) in [4.78, 5) is 26.0. The molecule has 0 fully saturated rings. The summed E-state index contributed by atoms with van der Waals surface area (Å²) < 4.78 is 0. The van der Waals surface area contributed by atoms with E-state index in [9.17, 15) is 9.59 Å². The zero-order chi connectivity index (χ0) is 17.8. The molecule has 2 aromatic carbocycles. The maximum atomic E-state index is 12.3. The largest absolute Gasteiger partial charge is 0.298 e. The van der Waals surface area contributed by atoms with Gasteiger partial charge in [-0.1, -0.05) is 35.9 Å². The van der Waals surface area contributed by atoms with Gasteiger partial charge in [-0.15, -0.1) is 0 Å². The molecule has 2 N–H and O–H groups in total. The average molecular weight is 338 g/mol. The van der Waals surface area contributed by atoms with Crippen molar-refractivity contribution in [2.45, 2.75) is 26.3 Å². The van der Waals surface area contributed by atoms with Gasteiger partial charge in [0.2, 0.25) is 0 Å². The highest BCUT2D eigenvalue weighted by atomic mass is 16.5. The predicted octanol–water partition coefficient (Wildman–Crippen LogP) is 2.28. The van der Waals surface area contributed by atoms with Crippen molar-refractivity contribution >= 4 is 11.7 Å². The number of amides is 1. The molecular formula is C20H22N2O3. The number of hydroxylamine groups is 1. The summed E-state index contributed by atoms with van der Waals surface area (Å²) in [6, 6.07) is 13.7. The Morgan fingerprint density at radius 3 is 2.60 bits per heavy atom. The predicted molar refractivity (Wildman–Crippen MR) is 94.6 cm³/mol. The minimum Gasteiger partial charge on any atom is -0.298 e. The number of carbonyl (C=O) groups is 2. The average Bonchev–Trinajstić information content (AvgIpc) is 2.77. The summed E-state index contributed by atoms with van der Waals surface area (Å²) in [5.41, 5.74) is 6.42. The molecular weight excluding hydrogens is 316 g/mol. The van der Waals surface area contributed by atoms with Gasteiger partial charge in [0, 0.05) is 25.1 Å². The molecule has 130 valence electrons. The fourth-order valence-corrected chi connectivity index (χ4v) is 3.17. The van der Waals surface area contributed by atoms with Crippen LogP contribution in [0.1, 0.15) is 32.6 Å². The number of carbonyl (C=O) groups excluding carboxylic acids is 2. The SMILES string of the molecule is Cc1ccc(CCN2CC(=O)Cc3cc(C(=O)NO)ccc3C2)cc1. The lowest BCUT2D eigenvalue weighted by Crippen LogP contribution is -2.29. The Morgan fingerprint density at radius 2 is 1.88 bits per heavy atom. The highest BCUT2D eigenvalue weighted by Crippen LogP contribution is 2.19. The van der Waals surface area contributed by atoms with Crippen molar-refractivity contribution in [1.82, 2.24) is 10.4 Å². The summed E-state index contributed by atoms with van der Waals surface area (Å²) in [5.74, 6) is -0.417. The fraction of sp³-hybridized carbons (Fsp3) is 0.300. The number of nitrogens with one attached hydrogen (secondary N) is 1. The van der Waals surface area contributed by atoms with Crippen LogP contribution in [0.5, 0.6) is 0 Å². The Hall–Kier alpha value is -2.50. The molecule has 1 aliphatic rings. The molecule has 1 heterocycles. The molecule has 0 aromatic heterocycles. The van der Waals surface area contributed by atoms with Crippen molar-refractivity contribution in [3.8, 4) is 0 Å². The topological polar surface area (TPSA) is 69.6 Å². The summed E-state index contributed by atoms with van der Waals surface area (Å²) in [6.45, 7) is 3.99. The summed E-state index contributed by atoms with van der Waals surface area (Å²) in [6.07, 6.45) is 1.22. The standard InChI is InChI=1S/C20H22N2O3/c1-14-2-4-15(5-3-14)8-9-22-12-17-7-6-16(20(24)21-25)10-18(17)11-19(23)13-22/h2-7,10,25H,8-9,11-13H2,1H3,(H,21,24). The van der Waals surface area contributed by atoms with E-state index < -0.39 is 5.91 Å². The van der Waals surface area contributed by atoms with Gasteiger partial charge >= 0.3 is 0 Å². The van der Waals surface area contributed by atoms with Gasteiger partial charge in [-0.3, -0.25) is 19.7 Å². The van der Waals surface area contributed by atoms with Gasteiger partial charge in [-0.2, -0.15) is 0 Å². The minimum atomic E-state index is -0.560. The third kappa shape index (κ3) is 4.32. The highest BCUT2D eigenvalue weighted by Gasteiger charge is 2.20. The molecule has 0 spiro atoms. The number of rotatable bonds is 4. The van der Waals surface area contributed by atoms with Crippen LogP contribution in [0.2, 0.25) is 0 Å². The quantitative estimate of drug-likeness (QED) is 0.663. The number of fused-ring (bicyclic) bond motifs is 1. The Morgan fingerprint density at radius 1 is 1.12 bits per heavy atom. The zero-order valence-electron chi connectivity index (χ0n) is 14.3. The monoisotopic (exact) mass is 338 g/mol. The number of hydrogen-bond donors (Lipinski definition) is 2. The summed E-state index contributed by atoms with van der Waals surface area (Å²) in [7, 11) is 0. The maximum Gasteiger partial charge on any atom is 0.274 e. The Kier molecular flexibility index (Phi) is 5.26. The van der Waals surface area contributed by atoms with E-state index in [4.69, 9.17) is 5.21 Å². The second kappa shape index (κ2) is 7.59. The molecule has 2 aromatic rings. The Bertz CT molecular complexity index is 784. The van der Waals surface area contributed by atoms with Crippen LogP contribution in [0.3, 0.4) is 0 Å². The van der Waals surface area contributed by atoms with Gasteiger partial charge in [0.05, 0.1) is 6.54 Å². The van der Waals surface area contributed by atoms with E-state index in [0.29, 0.717) is 25.1 Å². The molecule has 3 rings (SSSR count). The van der Waals surface area contributed by atoms with Crippen molar-refractivity contribution in [2.24, 2.45) is 0 Å². The van der Waals surface area contributed by atoms with Crippen LogP contribution >= 0.6 is 0 Å². The molecule has 1 aliphatic heterocycles. The minimum absolute atomic E-state index is 0.143. The Balaban J connectivity index is 1.72. The molecule has 0 saturated carbocycles. The molecule has 0 bridgehead atoms. The molecule has 25 heavy (non-hydrogen) atoms. The number of nitrogens with zero attached hydrogens (tertiary/aromatic N) is 1. The van der Waals surface area contributed by atoms with Gasteiger partial charge in [-0.05, 0) is 42.2 Å². The fourth-order valence-electron chi connectivity index (χ4n) is 3.17. The van der Waals surface area contributed by atoms with Gasteiger partial charge < -0.3 is 0 Å². The van der Waals surface area contributed by atoms with Crippen molar-refractivity contribution < 1.29 is 14.8 Å². The second-order valence-electron chi connectivity index (χ2n) is 6.59. The van der Waals surface area contributed by atoms with Crippen LogP contribution in [0.15, 0.2) is 42.5 Å². The van der Waals surface area contributed by atoms with Crippen LogP contribution < -0.4 is 5.48 Å². The van der Waals surface area contributed by atoms with Crippen LogP contribution in [-0.2, 0) is 24.2 Å². The van der Waals surface area contributed by atoms with Crippen molar-refractivity contribution in [3.05, 3.63) is 70.3 Å². The van der Waals surface area contributed by atoms with E-state index in [1.807, 2.05) is 6.07 Å². The normalized spacial score (nSPS) is 14.7. The number of aryl methyl sites for hydroxylation is 1. The number of Topliss-reactive ketones (excluding diaryl/α,β-unsaturated/α-hetero) is 1. The van der Waals surface area contributed by atoms with Crippen molar-refractivity contribution in [2.75, 3.05) is 13.1 Å². The van der Waals surface area contributed by atoms with Gasteiger partial charge in [-0.25, -0.2) is 5.48 Å². The first-order valence-electron chi connectivity index (χ1n) is 8.41. The lowest BCUT2D eigenvalue weighted by molar-refractivity contribution is -0.119. The van der Waals surface area contributed by atoms with Crippen LogP contribution in [0, 0.1) is 6.92 Å². The van der Waals surface area contributed by atoms with E-state index in [-0.39, 0.29) is 5.78 Å². The van der Waals surface area contributed by atoms with Crippen molar-refractivity contribution in [3.63, 3.8) is 0 Å². The molecule has 0 atom stereocenters. The van der Waals surface area contributed by atoms with Crippen molar-refractivity contribution in [1.29, 1.82) is 0 Å². The molecule has 5 heteroatoms. The number of ketones is 1. The third-order valence-corrected chi connectivity index (χ3v) is 4.59. The second-order valence-corrected chi connectivity index (χ2v) is 6.59. The van der Waals surface area contributed by atoms with Gasteiger partial charge in [0.25, 0.3) is 5.91 Å². The van der Waals surface area contributed by atoms with Crippen LogP contribution in [0.4, 0.5) is 0 Å². The molecule has 0 saturated heterocycles. The summed E-state index contributed by atoms with van der Waals surface area (Å²) in [5, 5.41) is 8.76. The smallest absolute Gasteiger partial charge is 0.274 e. The first-order valence-corrected chi connectivity index (χ1v) is 8.41. The molecule has 0 unspecified atom stereocenters. The number of hydrogen-bond acceptors (Lipinski definition) is 4. The van der Waals surface area contributed by atoms with Gasteiger partial charge in [0.15, 0.2) is 5.78 Å². The zero-order valence-corrected chi connectivity index (χ0v) is 14.3. The lowest BCUT2D eigenvalue weighted by atomic mass is 10.0. The maximum absolute atomic E-state index is 12.3. The van der Waals surface area contributed by atoms with E-state index in [0.717, 1.165) is 24.1 Å². The summed E-state index contributed by atoms with van der Waals surface area (Å²) >= 11 is 0. The van der Waals surface area contributed by atoms with Crippen LogP contribution in [0.25, 0.3) is 0 Å². The molecule has 0 aliphatic carbocycles. The van der Waals surface area contributed by atoms with Crippen LogP contribution in [-0.4, -0.2) is 34.9 Å². The Labute approximate surface area is 147 Å². The molecule has 0 radical (unpaired) electrons. The van der Waals surface area contributed by atoms with E-state index in [2.05, 4.69) is 36.1 Å².